The zero-order valence-corrected chi connectivity index (χ0v) is 18.2. The van der Waals surface area contributed by atoms with E-state index in [1.807, 2.05) is 43.3 Å². The fourth-order valence-corrected chi connectivity index (χ4v) is 3.34. The van der Waals surface area contributed by atoms with Crippen LogP contribution < -0.4 is 16.4 Å². The fourth-order valence-electron chi connectivity index (χ4n) is 3.34. The van der Waals surface area contributed by atoms with E-state index in [1.54, 1.807) is 16.8 Å². The van der Waals surface area contributed by atoms with Gasteiger partial charge in [0.25, 0.3) is 0 Å². The Kier molecular flexibility index (Phi) is 8.21. The molecule has 0 aliphatic rings. The van der Waals surface area contributed by atoms with Crippen molar-refractivity contribution in [1.82, 2.24) is 20.4 Å². The molecule has 3 aromatic rings. The largest absolute Gasteiger partial charge is 0.382 e. The van der Waals surface area contributed by atoms with Gasteiger partial charge in [-0.15, -0.1) is 0 Å². The molecule has 0 radical (unpaired) electrons. The second kappa shape index (κ2) is 11.5. The van der Waals surface area contributed by atoms with Crippen molar-refractivity contribution in [1.29, 1.82) is 5.26 Å². The highest BCUT2D eigenvalue weighted by Crippen LogP contribution is 2.21. The van der Waals surface area contributed by atoms with Crippen molar-refractivity contribution < 1.29 is 4.39 Å². The predicted molar refractivity (Wildman–Crippen MR) is 125 cm³/mol. The first-order valence-corrected chi connectivity index (χ1v) is 10.7. The van der Waals surface area contributed by atoms with Crippen molar-refractivity contribution in [3.8, 4) is 11.8 Å². The summed E-state index contributed by atoms with van der Waals surface area (Å²) in [5.74, 6) is 0.831. The summed E-state index contributed by atoms with van der Waals surface area (Å²) in [7, 11) is 0. The van der Waals surface area contributed by atoms with Crippen molar-refractivity contribution in [2.24, 2.45) is 4.99 Å². The van der Waals surface area contributed by atoms with Crippen LogP contribution in [0, 0.1) is 17.1 Å². The number of nitrogen functional groups attached to an aromatic ring is 1. The number of nitrogens with one attached hydrogen (secondary N) is 2. The minimum Gasteiger partial charge on any atom is -0.382 e. The Morgan fingerprint density at radius 3 is 2.59 bits per heavy atom. The Morgan fingerprint density at radius 2 is 1.88 bits per heavy atom. The molecule has 3 rings (SSSR count). The topological polar surface area (TPSA) is 104 Å². The fraction of sp³-hybridized carbons (Fsp3) is 0.292. The summed E-state index contributed by atoms with van der Waals surface area (Å²) in [6.07, 6.45) is 1.87. The summed E-state index contributed by atoms with van der Waals surface area (Å²) in [5.41, 5.74) is 8.73. The molecule has 0 aliphatic carbocycles. The maximum Gasteiger partial charge on any atom is 0.191 e. The molecule has 0 unspecified atom stereocenters. The lowest BCUT2D eigenvalue weighted by Crippen LogP contribution is -2.38. The summed E-state index contributed by atoms with van der Waals surface area (Å²) in [6, 6.07) is 18.5. The lowest BCUT2D eigenvalue weighted by Gasteiger charge is -2.11. The van der Waals surface area contributed by atoms with Gasteiger partial charge in [-0.25, -0.2) is 9.07 Å². The zero-order valence-electron chi connectivity index (χ0n) is 18.2. The van der Waals surface area contributed by atoms with E-state index in [0.29, 0.717) is 61.0 Å². The van der Waals surface area contributed by atoms with Gasteiger partial charge in [0.05, 0.1) is 11.4 Å². The summed E-state index contributed by atoms with van der Waals surface area (Å²) < 4.78 is 15.4. The average Bonchev–Trinajstić information content (AvgIpc) is 3.13. The number of hydrogen-bond acceptors (Lipinski definition) is 4. The number of nitrogens with two attached hydrogens (primary N) is 1. The summed E-state index contributed by atoms with van der Waals surface area (Å²) in [5, 5.41) is 20.5. The van der Waals surface area contributed by atoms with Crippen LogP contribution in [0.1, 0.15) is 30.2 Å². The van der Waals surface area contributed by atoms with E-state index in [-0.39, 0.29) is 5.82 Å². The average molecular weight is 434 g/mol. The summed E-state index contributed by atoms with van der Waals surface area (Å²) >= 11 is 0. The van der Waals surface area contributed by atoms with Crippen LogP contribution in [0.25, 0.3) is 5.69 Å². The van der Waals surface area contributed by atoms with E-state index in [9.17, 15) is 9.65 Å². The third-order valence-electron chi connectivity index (χ3n) is 4.94. The number of aliphatic imine (C=N–C) groups is 1. The van der Waals surface area contributed by atoms with Crippen molar-refractivity contribution in [3.63, 3.8) is 0 Å². The van der Waals surface area contributed by atoms with E-state index in [0.717, 1.165) is 12.2 Å². The number of aryl methyl sites for hydroxylation is 1. The maximum atomic E-state index is 13.8. The summed E-state index contributed by atoms with van der Waals surface area (Å²) in [6.45, 7) is 3.84. The molecule has 0 amide bonds. The molecule has 8 heteroatoms. The number of nitrogens with zero attached hydrogens (tertiary/aromatic N) is 4. The van der Waals surface area contributed by atoms with Crippen LogP contribution in [0.2, 0.25) is 0 Å². The van der Waals surface area contributed by atoms with Crippen LogP contribution >= 0.6 is 0 Å². The molecule has 0 spiro atoms. The number of guanidine groups is 1. The van der Waals surface area contributed by atoms with E-state index < -0.39 is 0 Å². The monoisotopic (exact) mass is 433 g/mol. The van der Waals surface area contributed by atoms with Gasteiger partial charge < -0.3 is 16.4 Å². The van der Waals surface area contributed by atoms with Crippen molar-refractivity contribution in [2.45, 2.75) is 26.2 Å². The number of anilines is 1. The van der Waals surface area contributed by atoms with E-state index >= 15 is 0 Å². The third-order valence-corrected chi connectivity index (χ3v) is 4.94. The van der Waals surface area contributed by atoms with Gasteiger partial charge in [-0.1, -0.05) is 36.4 Å². The van der Waals surface area contributed by atoms with Crippen LogP contribution in [-0.4, -0.2) is 35.4 Å². The minimum atomic E-state index is -0.196. The van der Waals surface area contributed by atoms with Crippen LogP contribution in [0.3, 0.4) is 0 Å². The molecule has 7 nitrogen and oxygen atoms in total. The lowest BCUT2D eigenvalue weighted by atomic mass is 10.1. The number of halogens is 1. The number of para-hydroxylation sites is 1. The van der Waals surface area contributed by atoms with Crippen molar-refractivity contribution >= 4 is 11.8 Å². The van der Waals surface area contributed by atoms with E-state index in [4.69, 9.17) is 5.73 Å². The molecule has 1 heterocycles. The van der Waals surface area contributed by atoms with Gasteiger partial charge in [-0.05, 0) is 49.9 Å². The number of benzene rings is 2. The van der Waals surface area contributed by atoms with Gasteiger partial charge >= 0.3 is 0 Å². The second-order valence-corrected chi connectivity index (χ2v) is 7.20. The molecule has 166 valence electrons. The minimum absolute atomic E-state index is 0.196. The molecule has 4 N–H and O–H groups in total. The molecule has 1 aromatic heterocycles. The molecular weight excluding hydrogens is 405 g/mol. The molecule has 0 fully saturated rings. The molecule has 2 aromatic carbocycles. The zero-order chi connectivity index (χ0) is 22.8. The Bertz CT molecular complexity index is 1080. The summed E-state index contributed by atoms with van der Waals surface area (Å²) in [4.78, 5) is 4.58. The Hall–Kier alpha value is -3.86. The third kappa shape index (κ3) is 5.85. The highest BCUT2D eigenvalue weighted by atomic mass is 19.1. The van der Waals surface area contributed by atoms with Crippen LogP contribution in [0.4, 0.5) is 10.2 Å². The molecule has 0 bridgehead atoms. The molecular formula is C24H28FN7. The van der Waals surface area contributed by atoms with Gasteiger partial charge in [0.2, 0.25) is 0 Å². The van der Waals surface area contributed by atoms with Crippen LogP contribution in [0.5, 0.6) is 0 Å². The molecule has 0 atom stereocenters. The number of rotatable bonds is 9. The standard InChI is InChI=1S/C24H28FN7/c1-2-28-24(30-16-14-18-9-6-7-12-21(18)25)29-15-8-13-22-20(17-26)23(27)32(31-22)19-10-4-3-5-11-19/h3-7,9-12H,2,8,13-16,27H2,1H3,(H2,28,29,30). The van der Waals surface area contributed by atoms with Gasteiger partial charge in [-0.3, -0.25) is 4.99 Å². The van der Waals surface area contributed by atoms with Gasteiger partial charge in [0.15, 0.2) is 5.96 Å². The normalized spacial score (nSPS) is 11.2. The highest BCUT2D eigenvalue weighted by molar-refractivity contribution is 5.79. The molecule has 0 saturated carbocycles. The predicted octanol–water partition coefficient (Wildman–Crippen LogP) is 3.20. The van der Waals surface area contributed by atoms with Gasteiger partial charge in [-0.2, -0.15) is 10.4 Å². The first-order valence-electron chi connectivity index (χ1n) is 10.7. The lowest BCUT2D eigenvalue weighted by molar-refractivity contribution is 0.606. The Morgan fingerprint density at radius 1 is 1.12 bits per heavy atom. The van der Waals surface area contributed by atoms with Crippen LogP contribution in [-0.2, 0) is 12.8 Å². The number of aromatic nitrogens is 2. The quantitative estimate of drug-likeness (QED) is 0.273. The van der Waals surface area contributed by atoms with Gasteiger partial charge in [0, 0.05) is 19.6 Å². The van der Waals surface area contributed by atoms with Crippen molar-refractivity contribution in [3.05, 3.63) is 77.2 Å². The van der Waals surface area contributed by atoms with Crippen molar-refractivity contribution in [2.75, 3.05) is 25.4 Å². The SMILES string of the molecule is CCNC(=NCCCc1nn(-c2ccccc2)c(N)c1C#N)NCCc1ccccc1F. The Labute approximate surface area is 187 Å². The number of nitriles is 1. The maximum absolute atomic E-state index is 13.8. The molecule has 32 heavy (non-hydrogen) atoms. The highest BCUT2D eigenvalue weighted by Gasteiger charge is 2.16. The van der Waals surface area contributed by atoms with Crippen LogP contribution in [0.15, 0.2) is 59.6 Å². The van der Waals surface area contributed by atoms with Gasteiger partial charge in [0.1, 0.15) is 23.3 Å². The number of hydrogen-bond donors (Lipinski definition) is 3. The molecule has 0 aliphatic heterocycles. The Balaban J connectivity index is 1.57. The molecule has 0 saturated heterocycles. The first-order chi connectivity index (χ1) is 15.6. The second-order valence-electron chi connectivity index (χ2n) is 7.20. The van der Waals surface area contributed by atoms with E-state index in [2.05, 4.69) is 26.8 Å². The first kappa shape index (κ1) is 22.8. The smallest absolute Gasteiger partial charge is 0.191 e. The van der Waals surface area contributed by atoms with E-state index in [1.165, 1.54) is 6.07 Å².